The lowest BCUT2D eigenvalue weighted by Gasteiger charge is -2.33. The molecule has 1 N–H and O–H groups in total. The van der Waals surface area contributed by atoms with Crippen LogP contribution in [0.4, 0.5) is 5.69 Å². The number of carboxylic acids is 1. The first kappa shape index (κ1) is 14.5. The summed E-state index contributed by atoms with van der Waals surface area (Å²) >= 11 is 0. The Bertz CT molecular complexity index is 516. The second-order valence-electron chi connectivity index (χ2n) is 5.21. The fourth-order valence-electron chi connectivity index (χ4n) is 2.53. The number of carbonyl (C=O) groups is 2. The van der Waals surface area contributed by atoms with Gasteiger partial charge in [-0.05, 0) is 38.4 Å². The molecule has 0 fully saturated rings. The van der Waals surface area contributed by atoms with Crippen molar-refractivity contribution in [1.82, 2.24) is 4.90 Å². The van der Waals surface area contributed by atoms with Gasteiger partial charge in [0.2, 0.25) is 5.91 Å². The summed E-state index contributed by atoms with van der Waals surface area (Å²) in [5.41, 5.74) is 2.14. The molecule has 5 heteroatoms. The molecule has 108 valence electrons. The Morgan fingerprint density at radius 3 is 2.80 bits per heavy atom. The molecule has 1 aliphatic rings. The molecule has 0 saturated heterocycles. The maximum absolute atomic E-state index is 12.6. The number of benzene rings is 1. The van der Waals surface area contributed by atoms with Crippen molar-refractivity contribution in [3.8, 4) is 0 Å². The van der Waals surface area contributed by atoms with Crippen LogP contribution in [0.2, 0.25) is 0 Å². The van der Waals surface area contributed by atoms with E-state index in [2.05, 4.69) is 0 Å². The maximum Gasteiger partial charge on any atom is 0.317 e. The molecule has 1 aromatic rings. The van der Waals surface area contributed by atoms with Crippen LogP contribution in [0.25, 0.3) is 0 Å². The monoisotopic (exact) mass is 276 g/mol. The number of likely N-dealkylation sites (N-methyl/N-ethyl adjacent to an activating group) is 1. The van der Waals surface area contributed by atoms with Gasteiger partial charge in [-0.2, -0.15) is 0 Å². The van der Waals surface area contributed by atoms with Crippen LogP contribution in [-0.4, -0.2) is 48.1 Å². The highest BCUT2D eigenvalue weighted by Gasteiger charge is 2.28. The van der Waals surface area contributed by atoms with Gasteiger partial charge in [0.25, 0.3) is 0 Å². The van der Waals surface area contributed by atoms with Crippen LogP contribution in [0.5, 0.6) is 0 Å². The molecule has 1 unspecified atom stereocenters. The Kier molecular flexibility index (Phi) is 4.39. The minimum Gasteiger partial charge on any atom is -0.480 e. The third kappa shape index (κ3) is 2.99. The fraction of sp³-hybridized carbons (Fsp3) is 0.467. The lowest BCUT2D eigenvalue weighted by Crippen LogP contribution is -2.48. The lowest BCUT2D eigenvalue weighted by molar-refractivity contribution is -0.139. The van der Waals surface area contributed by atoms with E-state index in [1.54, 1.807) is 23.8 Å². The predicted octanol–water partition coefficient (Wildman–Crippen LogP) is 1.37. The molecule has 0 bridgehead atoms. The van der Waals surface area contributed by atoms with E-state index < -0.39 is 12.0 Å². The van der Waals surface area contributed by atoms with Crippen molar-refractivity contribution in [1.29, 1.82) is 0 Å². The van der Waals surface area contributed by atoms with Gasteiger partial charge in [-0.25, -0.2) is 0 Å². The van der Waals surface area contributed by atoms with Gasteiger partial charge in [-0.3, -0.25) is 14.5 Å². The molecule has 1 aromatic carbocycles. The summed E-state index contributed by atoms with van der Waals surface area (Å²) in [6, 6.07) is 7.46. The van der Waals surface area contributed by atoms with E-state index in [4.69, 9.17) is 5.11 Å². The Morgan fingerprint density at radius 2 is 2.10 bits per heavy atom. The van der Waals surface area contributed by atoms with Crippen molar-refractivity contribution in [2.24, 2.45) is 0 Å². The van der Waals surface area contributed by atoms with Gasteiger partial charge >= 0.3 is 5.97 Å². The maximum atomic E-state index is 12.6. The Balaban J connectivity index is 2.16. The van der Waals surface area contributed by atoms with Crippen molar-refractivity contribution in [3.05, 3.63) is 29.8 Å². The van der Waals surface area contributed by atoms with E-state index in [1.165, 1.54) is 5.56 Å². The zero-order valence-electron chi connectivity index (χ0n) is 11.9. The predicted molar refractivity (Wildman–Crippen MR) is 76.8 cm³/mol. The third-order valence-corrected chi connectivity index (χ3v) is 3.78. The first-order valence-electron chi connectivity index (χ1n) is 6.82. The van der Waals surface area contributed by atoms with Crippen molar-refractivity contribution in [3.63, 3.8) is 0 Å². The minimum atomic E-state index is -0.925. The standard InChI is InChI=1S/C15H20N2O3/c1-11(16(2)10-14(18)19)15(20)17-9-5-7-12-6-3-4-8-13(12)17/h3-4,6,8,11H,5,7,9-10H2,1-2H3,(H,18,19). The highest BCUT2D eigenvalue weighted by atomic mass is 16.4. The molecule has 2 rings (SSSR count). The lowest BCUT2D eigenvalue weighted by atomic mass is 10.0. The number of para-hydroxylation sites is 1. The number of aryl methyl sites for hydroxylation is 1. The second-order valence-corrected chi connectivity index (χ2v) is 5.21. The smallest absolute Gasteiger partial charge is 0.317 e. The summed E-state index contributed by atoms with van der Waals surface area (Å²) in [6.07, 6.45) is 1.93. The van der Waals surface area contributed by atoms with Gasteiger partial charge in [0.15, 0.2) is 0 Å². The van der Waals surface area contributed by atoms with Crippen molar-refractivity contribution < 1.29 is 14.7 Å². The number of anilines is 1. The van der Waals surface area contributed by atoms with E-state index in [0.717, 1.165) is 18.5 Å². The zero-order chi connectivity index (χ0) is 14.7. The van der Waals surface area contributed by atoms with Gasteiger partial charge in [0, 0.05) is 12.2 Å². The topological polar surface area (TPSA) is 60.9 Å². The highest BCUT2D eigenvalue weighted by molar-refractivity contribution is 5.98. The van der Waals surface area contributed by atoms with Gasteiger partial charge in [-0.15, -0.1) is 0 Å². The number of nitrogens with zero attached hydrogens (tertiary/aromatic N) is 2. The molecule has 5 nitrogen and oxygen atoms in total. The number of hydrogen-bond donors (Lipinski definition) is 1. The van der Waals surface area contributed by atoms with Crippen molar-refractivity contribution in [2.75, 3.05) is 25.0 Å². The van der Waals surface area contributed by atoms with E-state index in [1.807, 2.05) is 24.3 Å². The molecule has 1 heterocycles. The zero-order valence-corrected chi connectivity index (χ0v) is 11.9. The molecule has 0 saturated carbocycles. The fourth-order valence-corrected chi connectivity index (χ4v) is 2.53. The SMILES string of the molecule is CC(C(=O)N1CCCc2ccccc21)N(C)CC(=O)O. The quantitative estimate of drug-likeness (QED) is 0.902. The normalized spacial score (nSPS) is 15.8. The number of fused-ring (bicyclic) bond motifs is 1. The van der Waals surface area contributed by atoms with Crippen LogP contribution in [-0.2, 0) is 16.0 Å². The highest BCUT2D eigenvalue weighted by Crippen LogP contribution is 2.27. The van der Waals surface area contributed by atoms with Crippen molar-refractivity contribution in [2.45, 2.75) is 25.8 Å². The summed E-state index contributed by atoms with van der Waals surface area (Å²) in [5.74, 6) is -0.966. The first-order chi connectivity index (χ1) is 9.50. The average molecular weight is 276 g/mol. The van der Waals surface area contributed by atoms with Crippen LogP contribution in [0, 0.1) is 0 Å². The molecule has 1 atom stereocenters. The third-order valence-electron chi connectivity index (χ3n) is 3.78. The van der Waals surface area contributed by atoms with Crippen LogP contribution >= 0.6 is 0 Å². The Labute approximate surface area is 118 Å². The van der Waals surface area contributed by atoms with E-state index in [9.17, 15) is 9.59 Å². The second kappa shape index (κ2) is 6.05. The summed E-state index contributed by atoms with van der Waals surface area (Å²) in [5, 5.41) is 8.82. The summed E-state index contributed by atoms with van der Waals surface area (Å²) < 4.78 is 0. The number of rotatable bonds is 4. The number of aliphatic carboxylic acids is 1. The largest absolute Gasteiger partial charge is 0.480 e. The number of hydrogen-bond acceptors (Lipinski definition) is 3. The van der Waals surface area contributed by atoms with Gasteiger partial charge in [0.1, 0.15) is 0 Å². The van der Waals surface area contributed by atoms with Crippen molar-refractivity contribution >= 4 is 17.6 Å². The number of carbonyl (C=O) groups excluding carboxylic acids is 1. The molecular weight excluding hydrogens is 256 g/mol. The van der Waals surface area contributed by atoms with Gasteiger partial charge in [-0.1, -0.05) is 18.2 Å². The van der Waals surface area contributed by atoms with Gasteiger partial charge < -0.3 is 10.0 Å². The van der Waals surface area contributed by atoms with Gasteiger partial charge in [0.05, 0.1) is 12.6 Å². The summed E-state index contributed by atoms with van der Waals surface area (Å²) in [7, 11) is 1.66. The molecule has 0 aromatic heterocycles. The Morgan fingerprint density at radius 1 is 1.40 bits per heavy atom. The van der Waals surface area contributed by atoms with Crippen LogP contribution < -0.4 is 4.90 Å². The number of amides is 1. The first-order valence-corrected chi connectivity index (χ1v) is 6.82. The van der Waals surface area contributed by atoms with E-state index >= 15 is 0 Å². The summed E-state index contributed by atoms with van der Waals surface area (Å²) in [6.45, 7) is 2.31. The Hall–Kier alpha value is -1.88. The van der Waals surface area contributed by atoms with E-state index in [-0.39, 0.29) is 12.5 Å². The molecule has 1 aliphatic heterocycles. The molecule has 0 radical (unpaired) electrons. The number of carboxylic acid groups (broad SMARTS) is 1. The summed E-state index contributed by atoms with van der Waals surface area (Å²) in [4.78, 5) is 26.7. The minimum absolute atomic E-state index is 0.0408. The molecule has 20 heavy (non-hydrogen) atoms. The van der Waals surface area contributed by atoms with E-state index in [0.29, 0.717) is 6.54 Å². The molecule has 0 spiro atoms. The molecule has 1 amide bonds. The van der Waals surface area contributed by atoms with Crippen LogP contribution in [0.3, 0.4) is 0 Å². The molecule has 0 aliphatic carbocycles. The molecular formula is C15H20N2O3. The van der Waals surface area contributed by atoms with Crippen LogP contribution in [0.1, 0.15) is 18.9 Å². The average Bonchev–Trinajstić information content (AvgIpc) is 2.44. The van der Waals surface area contributed by atoms with Crippen LogP contribution in [0.15, 0.2) is 24.3 Å².